The van der Waals surface area contributed by atoms with Gasteiger partial charge in [-0.15, -0.1) is 0 Å². The Balaban J connectivity index is 2.15. The molecule has 0 aliphatic carbocycles. The molecular formula is C12H12BrN3O. The van der Waals surface area contributed by atoms with Crippen molar-refractivity contribution in [3.63, 3.8) is 0 Å². The Kier molecular flexibility index (Phi) is 3.19. The molecule has 0 bridgehead atoms. The molecule has 0 saturated carbocycles. The Labute approximate surface area is 107 Å². The van der Waals surface area contributed by atoms with Crippen LogP contribution in [0.2, 0.25) is 0 Å². The number of benzene rings is 1. The van der Waals surface area contributed by atoms with Crippen molar-refractivity contribution >= 4 is 33.2 Å². The van der Waals surface area contributed by atoms with E-state index >= 15 is 0 Å². The molecule has 4 N–H and O–H groups in total. The second kappa shape index (κ2) is 4.63. The molecule has 88 valence electrons. The zero-order valence-electron chi connectivity index (χ0n) is 9.25. The molecule has 0 unspecified atom stereocenters. The van der Waals surface area contributed by atoms with Gasteiger partial charge in [0, 0.05) is 22.0 Å². The highest BCUT2D eigenvalue weighted by Crippen LogP contribution is 2.20. The van der Waals surface area contributed by atoms with E-state index in [-0.39, 0.29) is 5.91 Å². The largest absolute Gasteiger partial charge is 0.397 e. The van der Waals surface area contributed by atoms with Crippen LogP contribution in [0, 0.1) is 6.92 Å². The summed E-state index contributed by atoms with van der Waals surface area (Å²) in [5.74, 6) is -0.205. The number of aromatic amines is 1. The predicted octanol–water partition coefficient (Wildman–Crippen LogP) is 2.92. The fourth-order valence-electron chi connectivity index (χ4n) is 1.46. The number of hydrogen-bond donors (Lipinski definition) is 3. The van der Waals surface area contributed by atoms with Gasteiger partial charge < -0.3 is 16.0 Å². The molecule has 1 aromatic heterocycles. The number of halogens is 1. The summed E-state index contributed by atoms with van der Waals surface area (Å²) in [4.78, 5) is 14.6. The molecule has 0 radical (unpaired) electrons. The first-order valence-corrected chi connectivity index (χ1v) is 5.87. The van der Waals surface area contributed by atoms with Crippen LogP contribution < -0.4 is 11.1 Å². The molecule has 5 heteroatoms. The van der Waals surface area contributed by atoms with Gasteiger partial charge in [0.2, 0.25) is 0 Å². The van der Waals surface area contributed by atoms with Gasteiger partial charge >= 0.3 is 0 Å². The van der Waals surface area contributed by atoms with Gasteiger partial charge in [-0.1, -0.05) is 15.9 Å². The number of nitrogen functional groups attached to an aromatic ring is 1. The maximum Gasteiger partial charge on any atom is 0.272 e. The van der Waals surface area contributed by atoms with E-state index < -0.39 is 0 Å². The third-order valence-corrected chi connectivity index (χ3v) is 3.26. The number of rotatable bonds is 2. The number of aryl methyl sites for hydroxylation is 1. The topological polar surface area (TPSA) is 70.9 Å². The molecular weight excluding hydrogens is 282 g/mol. The SMILES string of the molecule is Cc1cc(NC(=O)c2cc(N)c[nH]2)ccc1Br. The van der Waals surface area contributed by atoms with Crippen molar-refractivity contribution in [2.45, 2.75) is 6.92 Å². The van der Waals surface area contributed by atoms with Crippen LogP contribution in [0.15, 0.2) is 34.9 Å². The monoisotopic (exact) mass is 293 g/mol. The third-order valence-electron chi connectivity index (χ3n) is 2.37. The zero-order chi connectivity index (χ0) is 12.4. The summed E-state index contributed by atoms with van der Waals surface area (Å²) in [6.07, 6.45) is 1.59. The fraction of sp³-hybridized carbons (Fsp3) is 0.0833. The molecule has 2 aromatic rings. The van der Waals surface area contributed by atoms with Crippen molar-refractivity contribution in [3.05, 3.63) is 46.2 Å². The third kappa shape index (κ3) is 2.68. The Bertz CT molecular complexity index is 563. The zero-order valence-corrected chi connectivity index (χ0v) is 10.8. The van der Waals surface area contributed by atoms with E-state index in [2.05, 4.69) is 26.2 Å². The maximum atomic E-state index is 11.8. The summed E-state index contributed by atoms with van der Waals surface area (Å²) in [5.41, 5.74) is 8.34. The van der Waals surface area contributed by atoms with Gasteiger partial charge in [-0.3, -0.25) is 4.79 Å². The lowest BCUT2D eigenvalue weighted by atomic mass is 10.2. The van der Waals surface area contributed by atoms with E-state index in [1.807, 2.05) is 25.1 Å². The fourth-order valence-corrected chi connectivity index (χ4v) is 1.71. The quantitative estimate of drug-likeness (QED) is 0.797. The lowest BCUT2D eigenvalue weighted by molar-refractivity contribution is 0.102. The van der Waals surface area contributed by atoms with Crippen molar-refractivity contribution in [1.29, 1.82) is 0 Å². The molecule has 0 aliphatic rings. The van der Waals surface area contributed by atoms with Crippen LogP contribution in [0.5, 0.6) is 0 Å². The highest BCUT2D eigenvalue weighted by Gasteiger charge is 2.08. The molecule has 0 spiro atoms. The van der Waals surface area contributed by atoms with Gasteiger partial charge in [0.05, 0.1) is 0 Å². The molecule has 0 aliphatic heterocycles. The van der Waals surface area contributed by atoms with E-state index in [1.54, 1.807) is 12.3 Å². The molecule has 2 rings (SSSR count). The standard InChI is InChI=1S/C12H12BrN3O/c1-7-4-9(2-3-10(7)13)16-12(17)11-5-8(14)6-15-11/h2-6,15H,14H2,1H3,(H,16,17). The van der Waals surface area contributed by atoms with Crippen LogP contribution in [0.4, 0.5) is 11.4 Å². The van der Waals surface area contributed by atoms with Crippen LogP contribution >= 0.6 is 15.9 Å². The number of nitrogens with one attached hydrogen (secondary N) is 2. The van der Waals surface area contributed by atoms with E-state index in [9.17, 15) is 4.79 Å². The number of amides is 1. The van der Waals surface area contributed by atoms with Gasteiger partial charge in [-0.05, 0) is 36.8 Å². The average molecular weight is 294 g/mol. The van der Waals surface area contributed by atoms with E-state index in [0.717, 1.165) is 15.7 Å². The first-order chi connectivity index (χ1) is 8.06. The smallest absolute Gasteiger partial charge is 0.272 e. The predicted molar refractivity (Wildman–Crippen MR) is 72.0 cm³/mol. The number of H-pyrrole nitrogens is 1. The van der Waals surface area contributed by atoms with Gasteiger partial charge in [-0.2, -0.15) is 0 Å². The molecule has 1 aromatic carbocycles. The number of hydrogen-bond acceptors (Lipinski definition) is 2. The van der Waals surface area contributed by atoms with Gasteiger partial charge in [0.15, 0.2) is 0 Å². The Hall–Kier alpha value is -1.75. The Morgan fingerprint density at radius 3 is 2.76 bits per heavy atom. The average Bonchev–Trinajstić information content (AvgIpc) is 2.70. The molecule has 1 amide bonds. The van der Waals surface area contributed by atoms with Crippen LogP contribution in [0.1, 0.15) is 16.1 Å². The van der Waals surface area contributed by atoms with Gasteiger partial charge in [0.25, 0.3) is 5.91 Å². The van der Waals surface area contributed by atoms with Crippen LogP contribution in [0.25, 0.3) is 0 Å². The summed E-state index contributed by atoms with van der Waals surface area (Å²) in [6.45, 7) is 1.96. The number of nitrogens with two attached hydrogens (primary N) is 1. The summed E-state index contributed by atoms with van der Waals surface area (Å²) < 4.78 is 1.01. The van der Waals surface area contributed by atoms with Crippen LogP contribution in [-0.4, -0.2) is 10.9 Å². The maximum absolute atomic E-state index is 11.8. The summed E-state index contributed by atoms with van der Waals surface area (Å²) in [7, 11) is 0. The first kappa shape index (κ1) is 11.7. The second-order valence-electron chi connectivity index (χ2n) is 3.76. The lowest BCUT2D eigenvalue weighted by Gasteiger charge is -2.05. The molecule has 0 saturated heterocycles. The van der Waals surface area contributed by atoms with Crippen molar-refractivity contribution in [1.82, 2.24) is 4.98 Å². The van der Waals surface area contributed by atoms with Crippen molar-refractivity contribution in [2.24, 2.45) is 0 Å². The highest BCUT2D eigenvalue weighted by atomic mass is 79.9. The molecule has 0 atom stereocenters. The lowest BCUT2D eigenvalue weighted by Crippen LogP contribution is -2.12. The van der Waals surface area contributed by atoms with Crippen molar-refractivity contribution < 1.29 is 4.79 Å². The summed E-state index contributed by atoms with van der Waals surface area (Å²) in [5, 5.41) is 2.79. The Morgan fingerprint density at radius 1 is 1.41 bits per heavy atom. The highest BCUT2D eigenvalue weighted by molar-refractivity contribution is 9.10. The minimum absolute atomic E-state index is 0.205. The Morgan fingerprint density at radius 2 is 2.18 bits per heavy atom. The van der Waals surface area contributed by atoms with Crippen LogP contribution in [0.3, 0.4) is 0 Å². The number of aromatic nitrogens is 1. The van der Waals surface area contributed by atoms with E-state index in [4.69, 9.17) is 5.73 Å². The first-order valence-electron chi connectivity index (χ1n) is 5.07. The minimum atomic E-state index is -0.205. The molecule has 0 fully saturated rings. The van der Waals surface area contributed by atoms with Gasteiger partial charge in [0.1, 0.15) is 5.69 Å². The minimum Gasteiger partial charge on any atom is -0.397 e. The van der Waals surface area contributed by atoms with Crippen molar-refractivity contribution in [2.75, 3.05) is 11.1 Å². The van der Waals surface area contributed by atoms with E-state index in [1.165, 1.54) is 0 Å². The summed E-state index contributed by atoms with van der Waals surface area (Å²) >= 11 is 3.41. The van der Waals surface area contributed by atoms with Crippen molar-refractivity contribution in [3.8, 4) is 0 Å². The normalized spacial score (nSPS) is 10.2. The van der Waals surface area contributed by atoms with Crippen LogP contribution in [-0.2, 0) is 0 Å². The number of carbonyl (C=O) groups is 1. The molecule has 4 nitrogen and oxygen atoms in total. The second-order valence-corrected chi connectivity index (χ2v) is 4.62. The number of anilines is 2. The van der Waals surface area contributed by atoms with E-state index in [0.29, 0.717) is 11.4 Å². The summed E-state index contributed by atoms with van der Waals surface area (Å²) in [6, 6.07) is 7.23. The number of carbonyl (C=O) groups excluding carboxylic acids is 1. The molecule has 1 heterocycles. The molecule has 17 heavy (non-hydrogen) atoms. The van der Waals surface area contributed by atoms with Gasteiger partial charge in [-0.25, -0.2) is 0 Å².